The second-order valence-corrected chi connectivity index (χ2v) is 6.75. The molecule has 1 aliphatic rings. The van der Waals surface area contributed by atoms with Crippen LogP contribution in [0.5, 0.6) is 0 Å². The summed E-state index contributed by atoms with van der Waals surface area (Å²) in [6.45, 7) is 5.64. The van der Waals surface area contributed by atoms with Crippen LogP contribution in [0.2, 0.25) is 4.34 Å². The standard InChI is InChI=1S/C12H16BrClN2O2S/c1-2-18-12(17)10(16-5-3-15-4-6-16)9-7-8(13)11(14)19-9/h7,10,15H,2-6H2,1H3. The molecule has 2 rings (SSSR count). The molecular formula is C12H16BrClN2O2S. The molecule has 106 valence electrons. The second kappa shape index (κ2) is 7.04. The van der Waals surface area contributed by atoms with Crippen LogP contribution in [-0.4, -0.2) is 43.7 Å². The summed E-state index contributed by atoms with van der Waals surface area (Å²) in [5.74, 6) is -0.199. The molecule has 1 N–H and O–H groups in total. The summed E-state index contributed by atoms with van der Waals surface area (Å²) in [6.07, 6.45) is 0. The number of ether oxygens (including phenoxy) is 1. The van der Waals surface area contributed by atoms with Crippen molar-refractivity contribution >= 4 is 44.8 Å². The van der Waals surface area contributed by atoms with E-state index >= 15 is 0 Å². The molecule has 0 aliphatic carbocycles. The fourth-order valence-electron chi connectivity index (χ4n) is 2.10. The fraction of sp³-hybridized carbons (Fsp3) is 0.583. The molecule has 1 fully saturated rings. The lowest BCUT2D eigenvalue weighted by Crippen LogP contribution is -2.47. The number of hydrogen-bond donors (Lipinski definition) is 1. The number of halogens is 2. The van der Waals surface area contributed by atoms with E-state index in [-0.39, 0.29) is 12.0 Å². The van der Waals surface area contributed by atoms with Crippen LogP contribution < -0.4 is 5.32 Å². The van der Waals surface area contributed by atoms with E-state index in [0.717, 1.165) is 35.5 Å². The molecule has 1 aromatic rings. The number of esters is 1. The quantitative estimate of drug-likeness (QED) is 0.831. The molecule has 1 aromatic heterocycles. The van der Waals surface area contributed by atoms with Crippen LogP contribution in [0.15, 0.2) is 10.5 Å². The minimum atomic E-state index is -0.351. The van der Waals surface area contributed by atoms with Crippen molar-refractivity contribution in [1.82, 2.24) is 10.2 Å². The average Bonchev–Trinajstić information content (AvgIpc) is 2.71. The Bertz CT molecular complexity index is 429. The molecule has 7 heteroatoms. The van der Waals surface area contributed by atoms with Gasteiger partial charge >= 0.3 is 5.97 Å². The highest BCUT2D eigenvalue weighted by Gasteiger charge is 2.31. The minimum Gasteiger partial charge on any atom is -0.465 e. The predicted molar refractivity (Wildman–Crippen MR) is 80.8 cm³/mol. The van der Waals surface area contributed by atoms with E-state index in [0.29, 0.717) is 10.9 Å². The first-order valence-electron chi connectivity index (χ1n) is 6.19. The molecule has 0 saturated carbocycles. The molecule has 19 heavy (non-hydrogen) atoms. The van der Waals surface area contributed by atoms with Crippen LogP contribution in [0.25, 0.3) is 0 Å². The Labute approximate surface area is 130 Å². The van der Waals surface area contributed by atoms with Gasteiger partial charge in [-0.05, 0) is 28.9 Å². The van der Waals surface area contributed by atoms with Gasteiger partial charge in [0.15, 0.2) is 0 Å². The molecule has 0 aromatic carbocycles. The van der Waals surface area contributed by atoms with Gasteiger partial charge in [-0.2, -0.15) is 0 Å². The third-order valence-corrected chi connectivity index (χ3v) is 5.49. The van der Waals surface area contributed by atoms with Crippen molar-refractivity contribution in [1.29, 1.82) is 0 Å². The number of piperazine rings is 1. The van der Waals surface area contributed by atoms with Crippen LogP contribution in [0.3, 0.4) is 0 Å². The van der Waals surface area contributed by atoms with Crippen LogP contribution in [-0.2, 0) is 9.53 Å². The molecule has 0 radical (unpaired) electrons. The molecular weight excluding hydrogens is 352 g/mol. The molecule has 1 aliphatic heterocycles. The minimum absolute atomic E-state index is 0.199. The zero-order valence-corrected chi connectivity index (χ0v) is 13.8. The highest BCUT2D eigenvalue weighted by Crippen LogP contribution is 2.37. The number of nitrogens with zero attached hydrogens (tertiary/aromatic N) is 1. The van der Waals surface area contributed by atoms with Crippen molar-refractivity contribution in [3.63, 3.8) is 0 Å². The van der Waals surface area contributed by atoms with E-state index in [4.69, 9.17) is 16.3 Å². The van der Waals surface area contributed by atoms with E-state index in [1.54, 1.807) is 0 Å². The third-order valence-electron chi connectivity index (χ3n) is 2.96. The van der Waals surface area contributed by atoms with E-state index in [1.807, 2.05) is 13.0 Å². The Morgan fingerprint density at radius 1 is 1.63 bits per heavy atom. The second-order valence-electron chi connectivity index (χ2n) is 4.21. The first-order chi connectivity index (χ1) is 9.13. The summed E-state index contributed by atoms with van der Waals surface area (Å²) in [5.41, 5.74) is 0. The number of thiophene rings is 1. The molecule has 0 amide bonds. The van der Waals surface area contributed by atoms with E-state index < -0.39 is 0 Å². The van der Waals surface area contributed by atoms with Gasteiger partial charge in [0, 0.05) is 35.5 Å². The Balaban J connectivity index is 2.24. The van der Waals surface area contributed by atoms with Crippen LogP contribution >= 0.6 is 38.9 Å². The largest absolute Gasteiger partial charge is 0.465 e. The molecule has 0 spiro atoms. The normalized spacial score (nSPS) is 18.3. The summed E-state index contributed by atoms with van der Waals surface area (Å²) in [6, 6.07) is 1.56. The van der Waals surface area contributed by atoms with Crippen molar-refractivity contribution < 1.29 is 9.53 Å². The number of carbonyl (C=O) groups is 1. The van der Waals surface area contributed by atoms with Crippen molar-refractivity contribution in [3.8, 4) is 0 Å². The fourth-order valence-corrected chi connectivity index (χ4v) is 3.96. The molecule has 4 nitrogen and oxygen atoms in total. The Hall–Kier alpha value is -0.140. The Kier molecular flexibility index (Phi) is 5.65. The number of rotatable bonds is 4. The molecule has 2 heterocycles. The van der Waals surface area contributed by atoms with E-state index in [1.165, 1.54) is 11.3 Å². The van der Waals surface area contributed by atoms with Gasteiger partial charge < -0.3 is 10.1 Å². The van der Waals surface area contributed by atoms with Gasteiger partial charge in [-0.25, -0.2) is 4.79 Å². The van der Waals surface area contributed by atoms with E-state index in [9.17, 15) is 4.79 Å². The first kappa shape index (κ1) is 15.3. The summed E-state index contributed by atoms with van der Waals surface area (Å²) in [5, 5.41) is 3.28. The van der Waals surface area contributed by atoms with Gasteiger partial charge in [-0.15, -0.1) is 11.3 Å². The number of nitrogens with one attached hydrogen (secondary N) is 1. The summed E-state index contributed by atoms with van der Waals surface area (Å²) < 4.78 is 6.71. The SMILES string of the molecule is CCOC(=O)C(c1cc(Br)c(Cl)s1)N1CCNCC1. The van der Waals surface area contributed by atoms with Gasteiger partial charge in [0.05, 0.1) is 6.61 Å². The molecule has 1 saturated heterocycles. The van der Waals surface area contributed by atoms with Gasteiger partial charge in [-0.1, -0.05) is 11.6 Å². The first-order valence-corrected chi connectivity index (χ1v) is 8.18. The van der Waals surface area contributed by atoms with Crippen molar-refractivity contribution in [2.24, 2.45) is 0 Å². The third kappa shape index (κ3) is 3.70. The Morgan fingerprint density at radius 3 is 2.84 bits per heavy atom. The number of carbonyl (C=O) groups excluding carboxylic acids is 1. The smallest absolute Gasteiger partial charge is 0.328 e. The lowest BCUT2D eigenvalue weighted by molar-refractivity contribution is -0.150. The maximum absolute atomic E-state index is 12.2. The monoisotopic (exact) mass is 366 g/mol. The van der Waals surface area contributed by atoms with E-state index in [2.05, 4.69) is 26.1 Å². The van der Waals surface area contributed by atoms with Gasteiger partial charge in [-0.3, -0.25) is 4.90 Å². The maximum Gasteiger partial charge on any atom is 0.328 e. The lowest BCUT2D eigenvalue weighted by atomic mass is 10.2. The van der Waals surface area contributed by atoms with Gasteiger partial charge in [0.2, 0.25) is 0 Å². The summed E-state index contributed by atoms with van der Waals surface area (Å²) in [7, 11) is 0. The van der Waals surface area contributed by atoms with Gasteiger partial charge in [0.25, 0.3) is 0 Å². The highest BCUT2D eigenvalue weighted by molar-refractivity contribution is 9.10. The molecule has 1 unspecified atom stereocenters. The predicted octanol–water partition coefficient (Wildman–Crippen LogP) is 2.67. The number of hydrogen-bond acceptors (Lipinski definition) is 5. The van der Waals surface area contributed by atoms with Crippen molar-refractivity contribution in [2.45, 2.75) is 13.0 Å². The van der Waals surface area contributed by atoms with Crippen LogP contribution in [0, 0.1) is 0 Å². The zero-order valence-electron chi connectivity index (χ0n) is 10.6. The van der Waals surface area contributed by atoms with Gasteiger partial charge in [0.1, 0.15) is 10.4 Å². The van der Waals surface area contributed by atoms with Crippen LogP contribution in [0.1, 0.15) is 17.8 Å². The molecule has 1 atom stereocenters. The molecule has 0 bridgehead atoms. The summed E-state index contributed by atoms with van der Waals surface area (Å²) in [4.78, 5) is 15.3. The highest BCUT2D eigenvalue weighted by atomic mass is 79.9. The van der Waals surface area contributed by atoms with Crippen molar-refractivity contribution in [3.05, 3.63) is 19.8 Å². The van der Waals surface area contributed by atoms with Crippen molar-refractivity contribution in [2.75, 3.05) is 32.8 Å². The average molecular weight is 368 g/mol. The Morgan fingerprint density at radius 2 is 2.32 bits per heavy atom. The zero-order chi connectivity index (χ0) is 13.8. The summed E-state index contributed by atoms with van der Waals surface area (Å²) >= 11 is 10.9. The maximum atomic E-state index is 12.2. The van der Waals surface area contributed by atoms with Crippen LogP contribution in [0.4, 0.5) is 0 Å². The topological polar surface area (TPSA) is 41.6 Å². The lowest BCUT2D eigenvalue weighted by Gasteiger charge is -2.32.